The fourth-order valence-corrected chi connectivity index (χ4v) is 5.18. The Morgan fingerprint density at radius 2 is 1.82 bits per heavy atom. The van der Waals surface area contributed by atoms with E-state index in [9.17, 15) is 10.1 Å². The average molecular weight is 596 g/mol. The molecule has 5 heteroatoms. The van der Waals surface area contributed by atoms with Crippen LogP contribution in [0.4, 0.5) is 4.79 Å². The van der Waals surface area contributed by atoms with Crippen LogP contribution in [0.3, 0.4) is 0 Å². The van der Waals surface area contributed by atoms with E-state index in [0.717, 1.165) is 89.7 Å². The number of amides is 1. The van der Waals surface area contributed by atoms with E-state index in [2.05, 4.69) is 49.5 Å². The van der Waals surface area contributed by atoms with Crippen molar-refractivity contribution >= 4 is 11.8 Å². The van der Waals surface area contributed by atoms with E-state index in [1.807, 2.05) is 59.6 Å². The number of ether oxygens (including phenoxy) is 1. The minimum atomic E-state index is -0.517. The molecule has 44 heavy (non-hydrogen) atoms. The molecule has 0 aromatic heterocycles. The maximum Gasteiger partial charge on any atom is 0.410 e. The van der Waals surface area contributed by atoms with Crippen LogP contribution in [0.5, 0.6) is 0 Å². The van der Waals surface area contributed by atoms with E-state index in [0.29, 0.717) is 24.6 Å². The monoisotopic (exact) mass is 595 g/mol. The van der Waals surface area contributed by atoms with Crippen molar-refractivity contribution in [3.05, 3.63) is 99.9 Å². The summed E-state index contributed by atoms with van der Waals surface area (Å²) in [5.74, 6) is 0.402. The summed E-state index contributed by atoms with van der Waals surface area (Å²) in [6, 6.07) is 2.25. The van der Waals surface area contributed by atoms with Gasteiger partial charge >= 0.3 is 6.09 Å². The highest BCUT2D eigenvalue weighted by Crippen LogP contribution is 2.44. The van der Waals surface area contributed by atoms with Gasteiger partial charge in [-0.05, 0) is 138 Å². The average Bonchev–Trinajstić information content (AvgIpc) is 3.80. The minimum Gasteiger partial charge on any atom is -0.444 e. The summed E-state index contributed by atoms with van der Waals surface area (Å²) in [6.07, 6.45) is 14.1. The fourth-order valence-electron chi connectivity index (χ4n) is 5.18. The fraction of sp³-hybridized carbons (Fsp3) is 0.487. The molecule has 1 amide bonds. The van der Waals surface area contributed by atoms with E-state index >= 15 is 0 Å². The summed E-state index contributed by atoms with van der Waals surface area (Å²) in [4.78, 5) is 19.3. The number of allylic oxidation sites excluding steroid dienone is 12. The maximum atomic E-state index is 12.8. The van der Waals surface area contributed by atoms with Crippen molar-refractivity contribution in [1.82, 2.24) is 4.90 Å². The number of unbranched alkanes of at least 4 members (excludes halogenated alkanes) is 2. The first-order valence-electron chi connectivity index (χ1n) is 15.9. The molecule has 2 aliphatic rings. The Kier molecular flexibility index (Phi) is 13.9. The molecule has 0 N–H and O–H groups in total. The number of nitrogens with zero attached hydrogens (tertiary/aromatic N) is 3. The first-order valence-corrected chi connectivity index (χ1v) is 15.9. The van der Waals surface area contributed by atoms with Crippen LogP contribution in [0.1, 0.15) is 93.4 Å². The van der Waals surface area contributed by atoms with Gasteiger partial charge in [0.15, 0.2) is 0 Å². The predicted molar refractivity (Wildman–Crippen MR) is 186 cm³/mol. The molecular weight excluding hydrogens is 542 g/mol. The maximum absolute atomic E-state index is 12.8. The number of hydrogen-bond donors (Lipinski definition) is 0. The van der Waals surface area contributed by atoms with Crippen LogP contribution in [0, 0.1) is 17.2 Å². The van der Waals surface area contributed by atoms with Crippen molar-refractivity contribution < 1.29 is 9.53 Å². The Bertz CT molecular complexity index is 1400. The standard InChI is InChI=1S/C39H53N3O2/c1-12-13-22-42(38(43)44-39(8,9)10)23-15-14-17-29(5)36(27(2)3)37(31(7)41-11)35(33-20-21-33)24-30(6)34-25-32(26-40)19-16-18-28(34)4/h16,19,24-25,33H,2,5-6,12-15,17,20-23H2,1,3-4,7-11H3/b35-24-,37-36-,41-31-. The summed E-state index contributed by atoms with van der Waals surface area (Å²) in [6.45, 7) is 28.6. The minimum absolute atomic E-state index is 0.245. The Morgan fingerprint density at radius 3 is 2.36 bits per heavy atom. The van der Waals surface area contributed by atoms with Crippen molar-refractivity contribution in [1.29, 1.82) is 5.26 Å². The molecule has 1 saturated carbocycles. The molecule has 0 aromatic rings. The van der Waals surface area contributed by atoms with Crippen molar-refractivity contribution in [2.75, 3.05) is 20.1 Å². The number of hydrogen-bond acceptors (Lipinski definition) is 4. The summed E-state index contributed by atoms with van der Waals surface area (Å²) in [7, 11) is 1.82. The zero-order chi connectivity index (χ0) is 33.0. The van der Waals surface area contributed by atoms with E-state index < -0.39 is 5.60 Å². The molecule has 2 aliphatic carbocycles. The lowest BCUT2D eigenvalue weighted by Crippen LogP contribution is -2.38. The van der Waals surface area contributed by atoms with Crippen LogP contribution in [0.15, 0.2) is 105 Å². The molecular formula is C39H53N3O2. The first-order chi connectivity index (χ1) is 20.7. The Morgan fingerprint density at radius 1 is 1.16 bits per heavy atom. The molecule has 2 rings (SSSR count). The molecule has 0 heterocycles. The normalized spacial score (nSPS) is 16.1. The van der Waals surface area contributed by atoms with Gasteiger partial charge in [0.1, 0.15) is 5.60 Å². The Hall–Kier alpha value is -3.87. The molecule has 236 valence electrons. The second kappa shape index (κ2) is 16.8. The smallest absolute Gasteiger partial charge is 0.410 e. The lowest BCUT2D eigenvalue weighted by Gasteiger charge is -2.27. The number of carbonyl (C=O) groups is 1. The molecule has 0 saturated heterocycles. The van der Waals surface area contributed by atoms with Gasteiger partial charge in [-0.3, -0.25) is 4.99 Å². The van der Waals surface area contributed by atoms with E-state index in [4.69, 9.17) is 4.74 Å². The largest absolute Gasteiger partial charge is 0.444 e. The van der Waals surface area contributed by atoms with Gasteiger partial charge in [0.25, 0.3) is 0 Å². The molecule has 0 aliphatic heterocycles. The van der Waals surface area contributed by atoms with Gasteiger partial charge in [0.2, 0.25) is 0 Å². The van der Waals surface area contributed by atoms with Gasteiger partial charge in [0, 0.05) is 31.4 Å². The molecule has 0 spiro atoms. The predicted octanol–water partition coefficient (Wildman–Crippen LogP) is 10.1. The lowest BCUT2D eigenvalue weighted by molar-refractivity contribution is 0.0244. The van der Waals surface area contributed by atoms with Crippen LogP contribution in [0.2, 0.25) is 0 Å². The summed E-state index contributed by atoms with van der Waals surface area (Å²) in [5, 5.41) is 9.57. The van der Waals surface area contributed by atoms with Crippen molar-refractivity contribution in [3.8, 4) is 6.07 Å². The zero-order valence-corrected chi connectivity index (χ0v) is 28.5. The van der Waals surface area contributed by atoms with Crippen molar-refractivity contribution in [2.24, 2.45) is 10.9 Å². The molecule has 0 bridgehead atoms. The second-order valence-electron chi connectivity index (χ2n) is 12.8. The van der Waals surface area contributed by atoms with Gasteiger partial charge in [-0.1, -0.05) is 44.7 Å². The first kappa shape index (κ1) is 36.3. The van der Waals surface area contributed by atoms with E-state index in [1.54, 1.807) is 12.2 Å². The Balaban J connectivity index is 2.39. The van der Waals surface area contributed by atoms with Crippen LogP contribution in [0.25, 0.3) is 0 Å². The molecule has 0 aromatic carbocycles. The quantitative estimate of drug-likeness (QED) is 0.0819. The van der Waals surface area contributed by atoms with Crippen LogP contribution in [-0.2, 0) is 4.74 Å². The summed E-state index contributed by atoms with van der Waals surface area (Å²) >= 11 is 0. The van der Waals surface area contributed by atoms with Gasteiger partial charge in [-0.15, -0.1) is 5.73 Å². The Labute approximate surface area is 267 Å². The van der Waals surface area contributed by atoms with Crippen molar-refractivity contribution in [3.63, 3.8) is 0 Å². The highest BCUT2D eigenvalue weighted by molar-refractivity contribution is 6.04. The lowest BCUT2D eigenvalue weighted by atomic mass is 9.83. The van der Waals surface area contributed by atoms with E-state index in [-0.39, 0.29) is 6.09 Å². The zero-order valence-electron chi connectivity index (χ0n) is 28.5. The van der Waals surface area contributed by atoms with Crippen LogP contribution in [-0.4, -0.2) is 42.4 Å². The molecule has 0 atom stereocenters. The van der Waals surface area contributed by atoms with Gasteiger partial charge in [0.05, 0.1) is 11.6 Å². The van der Waals surface area contributed by atoms with Gasteiger partial charge in [-0.25, -0.2) is 4.79 Å². The van der Waals surface area contributed by atoms with E-state index in [1.165, 1.54) is 5.57 Å². The second-order valence-corrected chi connectivity index (χ2v) is 12.8. The topological polar surface area (TPSA) is 65.7 Å². The third-order valence-corrected chi connectivity index (χ3v) is 7.69. The number of nitriles is 1. The third kappa shape index (κ3) is 11.0. The number of carbonyl (C=O) groups excluding carboxylic acids is 1. The van der Waals surface area contributed by atoms with Crippen LogP contribution >= 0.6 is 0 Å². The third-order valence-electron chi connectivity index (χ3n) is 7.69. The molecule has 0 unspecified atom stereocenters. The number of aliphatic imine (C=N–C) groups is 1. The molecule has 1 fully saturated rings. The van der Waals surface area contributed by atoms with Crippen molar-refractivity contribution in [2.45, 2.75) is 99.0 Å². The van der Waals surface area contributed by atoms with Gasteiger partial charge in [-0.2, -0.15) is 5.26 Å². The SMILES string of the molecule is C=C(\C=C(C(/C(C)=N\C)=C(/C(=C)C)C(=C)CCCCN(CCCC)C(=O)OC(C)(C)C)\C1CC1)C1=CC(C#N)=CC=C=C1C. The summed E-state index contributed by atoms with van der Waals surface area (Å²) < 4.78 is 5.66. The number of rotatable bonds is 15. The highest BCUT2D eigenvalue weighted by Gasteiger charge is 2.31. The van der Waals surface area contributed by atoms with Gasteiger partial charge < -0.3 is 9.64 Å². The highest BCUT2D eigenvalue weighted by atomic mass is 16.6. The molecule has 5 nitrogen and oxygen atoms in total. The van der Waals surface area contributed by atoms with Crippen LogP contribution < -0.4 is 0 Å². The molecule has 0 radical (unpaired) electrons. The summed E-state index contributed by atoms with van der Waals surface area (Å²) in [5.41, 5.74) is 12.2.